The van der Waals surface area contributed by atoms with Crippen molar-refractivity contribution in [2.45, 2.75) is 25.7 Å². The van der Waals surface area contributed by atoms with Gasteiger partial charge in [-0.3, -0.25) is 4.79 Å². The van der Waals surface area contributed by atoms with E-state index in [2.05, 4.69) is 16.0 Å². The summed E-state index contributed by atoms with van der Waals surface area (Å²) in [5.41, 5.74) is 2.78. The fourth-order valence-electron chi connectivity index (χ4n) is 3.60. The molecule has 2 N–H and O–H groups in total. The molecule has 0 spiro atoms. The third kappa shape index (κ3) is 2.92. The molecule has 0 radical (unpaired) electrons. The zero-order chi connectivity index (χ0) is 18.3. The molecular formula is C20H20FN3O2. The molecule has 0 bridgehead atoms. The van der Waals surface area contributed by atoms with Gasteiger partial charge in [0.25, 0.3) is 5.91 Å². The Labute approximate surface area is 150 Å². The molecule has 1 fully saturated rings. The number of nitrogens with zero attached hydrogens (tertiary/aromatic N) is 2. The van der Waals surface area contributed by atoms with Crippen molar-refractivity contribution in [3.8, 4) is 5.75 Å². The number of hydrogen-bond acceptors (Lipinski definition) is 3. The van der Waals surface area contributed by atoms with Crippen molar-refractivity contribution in [1.82, 2.24) is 14.9 Å². The second-order valence-corrected chi connectivity index (χ2v) is 6.87. The van der Waals surface area contributed by atoms with E-state index in [9.17, 15) is 14.3 Å². The van der Waals surface area contributed by atoms with Crippen molar-refractivity contribution < 1.29 is 14.3 Å². The minimum Gasteiger partial charge on any atom is -0.507 e. The number of amides is 1. The third-order valence-corrected chi connectivity index (χ3v) is 4.96. The van der Waals surface area contributed by atoms with Gasteiger partial charge in [-0.15, -0.1) is 0 Å². The quantitative estimate of drug-likeness (QED) is 0.737. The van der Waals surface area contributed by atoms with Gasteiger partial charge in [0, 0.05) is 19.0 Å². The third-order valence-electron chi connectivity index (χ3n) is 4.96. The lowest BCUT2D eigenvalue weighted by atomic mass is 9.96. The van der Waals surface area contributed by atoms with Crippen LogP contribution in [0.3, 0.4) is 0 Å². The summed E-state index contributed by atoms with van der Waals surface area (Å²) in [6, 6.07) is 9.96. The number of rotatable bonds is 2. The van der Waals surface area contributed by atoms with Gasteiger partial charge in [0.2, 0.25) is 0 Å². The summed E-state index contributed by atoms with van der Waals surface area (Å²) in [5.74, 6) is -0.583. The maximum absolute atomic E-state index is 14.0. The number of benzene rings is 2. The van der Waals surface area contributed by atoms with E-state index in [-0.39, 0.29) is 17.2 Å². The highest BCUT2D eigenvalue weighted by Crippen LogP contribution is 2.29. The molecule has 1 amide bonds. The monoisotopic (exact) mass is 353 g/mol. The molecule has 26 heavy (non-hydrogen) atoms. The van der Waals surface area contributed by atoms with E-state index in [0.717, 1.165) is 35.3 Å². The van der Waals surface area contributed by atoms with Crippen LogP contribution >= 0.6 is 0 Å². The number of aryl methyl sites for hydroxylation is 1. The summed E-state index contributed by atoms with van der Waals surface area (Å²) >= 11 is 0. The number of phenolic OH excluding ortho intramolecular Hbond substituents is 1. The normalized spacial score (nSPS) is 17.6. The van der Waals surface area contributed by atoms with Gasteiger partial charge < -0.3 is 15.0 Å². The van der Waals surface area contributed by atoms with E-state index in [1.165, 1.54) is 18.2 Å². The van der Waals surface area contributed by atoms with Crippen LogP contribution in [0.5, 0.6) is 5.75 Å². The average molecular weight is 353 g/mol. The molecule has 1 aliphatic heterocycles. The van der Waals surface area contributed by atoms with Crippen LogP contribution in [0.1, 0.15) is 40.5 Å². The zero-order valence-electron chi connectivity index (χ0n) is 14.5. The Morgan fingerprint density at radius 1 is 1.35 bits per heavy atom. The molecule has 2 heterocycles. The Morgan fingerprint density at radius 2 is 2.19 bits per heavy atom. The van der Waals surface area contributed by atoms with Crippen molar-refractivity contribution in [2.24, 2.45) is 0 Å². The summed E-state index contributed by atoms with van der Waals surface area (Å²) in [5, 5.41) is 9.89. The molecule has 1 aliphatic rings. The van der Waals surface area contributed by atoms with Gasteiger partial charge in [0.05, 0.1) is 11.0 Å². The second-order valence-electron chi connectivity index (χ2n) is 6.87. The summed E-state index contributed by atoms with van der Waals surface area (Å²) in [6.07, 6.45) is 1.72. The molecule has 0 aliphatic carbocycles. The fraction of sp³-hybridized carbons (Fsp3) is 0.300. The number of phenols is 1. The lowest BCUT2D eigenvalue weighted by Crippen LogP contribution is -2.39. The predicted molar refractivity (Wildman–Crippen MR) is 96.8 cm³/mol. The molecule has 134 valence electrons. The summed E-state index contributed by atoms with van der Waals surface area (Å²) < 4.78 is 14.0. The highest BCUT2D eigenvalue weighted by Gasteiger charge is 2.30. The number of piperidine rings is 1. The number of H-pyrrole nitrogens is 1. The topological polar surface area (TPSA) is 69.2 Å². The molecule has 0 saturated carbocycles. The van der Waals surface area contributed by atoms with Crippen LogP contribution in [-0.2, 0) is 0 Å². The first-order valence-electron chi connectivity index (χ1n) is 8.76. The SMILES string of the molecule is Cc1ccc2nc(C3CCCN(C(=O)c4c(O)cccc4F)C3)[nH]c2c1. The van der Waals surface area contributed by atoms with Crippen LogP contribution in [0.4, 0.5) is 4.39 Å². The number of halogens is 1. The molecule has 4 rings (SSSR count). The largest absolute Gasteiger partial charge is 0.507 e. The molecule has 1 saturated heterocycles. The van der Waals surface area contributed by atoms with Crippen LogP contribution in [0, 0.1) is 12.7 Å². The number of carbonyl (C=O) groups excluding carboxylic acids is 1. The number of hydrogen-bond donors (Lipinski definition) is 2. The maximum atomic E-state index is 14.0. The van der Waals surface area contributed by atoms with Gasteiger partial charge in [-0.2, -0.15) is 0 Å². The summed E-state index contributed by atoms with van der Waals surface area (Å²) in [6.45, 7) is 3.02. The molecular weight excluding hydrogens is 333 g/mol. The highest BCUT2D eigenvalue weighted by molar-refractivity contribution is 5.97. The number of aromatic nitrogens is 2. The first-order valence-corrected chi connectivity index (χ1v) is 8.76. The van der Waals surface area contributed by atoms with Gasteiger partial charge in [0.1, 0.15) is 23.0 Å². The average Bonchev–Trinajstić information content (AvgIpc) is 3.05. The Kier molecular flexibility index (Phi) is 4.11. The van der Waals surface area contributed by atoms with E-state index in [1.807, 2.05) is 19.1 Å². The zero-order valence-corrected chi connectivity index (χ0v) is 14.5. The Balaban J connectivity index is 1.59. The van der Waals surface area contributed by atoms with Gasteiger partial charge in [-0.25, -0.2) is 9.37 Å². The van der Waals surface area contributed by atoms with Crippen LogP contribution in [0.15, 0.2) is 36.4 Å². The molecule has 5 nitrogen and oxygen atoms in total. The van der Waals surface area contributed by atoms with E-state index in [1.54, 1.807) is 4.90 Å². The van der Waals surface area contributed by atoms with E-state index < -0.39 is 11.7 Å². The second kappa shape index (κ2) is 6.44. The van der Waals surface area contributed by atoms with E-state index in [4.69, 9.17) is 0 Å². The van der Waals surface area contributed by atoms with Crippen LogP contribution < -0.4 is 0 Å². The Hall–Kier alpha value is -2.89. The summed E-state index contributed by atoms with van der Waals surface area (Å²) in [7, 11) is 0. The van der Waals surface area contributed by atoms with E-state index >= 15 is 0 Å². The fourth-order valence-corrected chi connectivity index (χ4v) is 3.60. The number of fused-ring (bicyclic) bond motifs is 1. The number of aromatic amines is 1. The Bertz CT molecular complexity index is 962. The summed E-state index contributed by atoms with van der Waals surface area (Å²) in [4.78, 5) is 22.4. The maximum Gasteiger partial charge on any atom is 0.260 e. The van der Waals surface area contributed by atoms with Gasteiger partial charge in [-0.1, -0.05) is 12.1 Å². The van der Waals surface area contributed by atoms with Gasteiger partial charge in [-0.05, 0) is 49.6 Å². The smallest absolute Gasteiger partial charge is 0.260 e. The molecule has 6 heteroatoms. The molecule has 2 aromatic carbocycles. The first-order chi connectivity index (χ1) is 12.5. The molecule has 1 aromatic heterocycles. The number of nitrogens with one attached hydrogen (secondary N) is 1. The van der Waals surface area contributed by atoms with Crippen LogP contribution in [0.2, 0.25) is 0 Å². The molecule has 1 unspecified atom stereocenters. The van der Waals surface area contributed by atoms with Crippen molar-refractivity contribution >= 4 is 16.9 Å². The minimum atomic E-state index is -0.698. The number of likely N-dealkylation sites (tertiary alicyclic amines) is 1. The lowest BCUT2D eigenvalue weighted by molar-refractivity contribution is 0.0697. The standard InChI is InChI=1S/C20H20FN3O2/c1-12-7-8-15-16(10-12)23-19(22-15)13-4-3-9-24(11-13)20(26)18-14(21)5-2-6-17(18)25/h2,5-8,10,13,25H,3-4,9,11H2,1H3,(H,22,23). The van der Waals surface area contributed by atoms with Crippen molar-refractivity contribution in [3.05, 3.63) is 59.2 Å². The Morgan fingerprint density at radius 3 is 3.00 bits per heavy atom. The number of carbonyl (C=O) groups is 1. The van der Waals surface area contributed by atoms with Crippen molar-refractivity contribution in [1.29, 1.82) is 0 Å². The van der Waals surface area contributed by atoms with Gasteiger partial charge >= 0.3 is 0 Å². The molecule has 3 aromatic rings. The number of aromatic hydroxyl groups is 1. The van der Waals surface area contributed by atoms with E-state index in [0.29, 0.717) is 13.1 Å². The predicted octanol–water partition coefficient (Wildman–Crippen LogP) is 3.74. The minimum absolute atomic E-state index is 0.0642. The lowest BCUT2D eigenvalue weighted by Gasteiger charge is -2.32. The van der Waals surface area contributed by atoms with Crippen LogP contribution in [0.25, 0.3) is 11.0 Å². The van der Waals surface area contributed by atoms with Crippen molar-refractivity contribution in [3.63, 3.8) is 0 Å². The van der Waals surface area contributed by atoms with Crippen LogP contribution in [-0.4, -0.2) is 39.0 Å². The highest BCUT2D eigenvalue weighted by atomic mass is 19.1. The first kappa shape index (κ1) is 16.6. The number of imidazole rings is 1. The molecule has 1 atom stereocenters. The van der Waals surface area contributed by atoms with Gasteiger partial charge in [0.15, 0.2) is 0 Å². The van der Waals surface area contributed by atoms with Crippen molar-refractivity contribution in [2.75, 3.05) is 13.1 Å².